The van der Waals surface area contributed by atoms with Crippen molar-refractivity contribution in [3.8, 4) is 11.3 Å². The predicted molar refractivity (Wildman–Crippen MR) is 151 cm³/mol. The van der Waals surface area contributed by atoms with Gasteiger partial charge in [-0.25, -0.2) is 9.97 Å². The van der Waals surface area contributed by atoms with E-state index in [1.54, 1.807) is 0 Å². The van der Waals surface area contributed by atoms with Crippen molar-refractivity contribution in [2.45, 2.75) is 63.8 Å². The first-order chi connectivity index (χ1) is 18.6. The van der Waals surface area contributed by atoms with Crippen LogP contribution < -0.4 is 15.5 Å². The van der Waals surface area contributed by atoms with Crippen molar-refractivity contribution in [3.63, 3.8) is 0 Å². The maximum absolute atomic E-state index is 12.5. The van der Waals surface area contributed by atoms with Crippen LogP contribution in [-0.4, -0.2) is 59.7 Å². The molecule has 0 spiro atoms. The van der Waals surface area contributed by atoms with E-state index in [2.05, 4.69) is 33.2 Å². The van der Waals surface area contributed by atoms with E-state index >= 15 is 0 Å². The quantitative estimate of drug-likeness (QED) is 0.410. The van der Waals surface area contributed by atoms with E-state index in [1.165, 1.54) is 32.1 Å². The molecule has 8 heteroatoms. The second-order valence-electron chi connectivity index (χ2n) is 11.4. The van der Waals surface area contributed by atoms with E-state index in [-0.39, 0.29) is 5.91 Å². The summed E-state index contributed by atoms with van der Waals surface area (Å²) in [6.45, 7) is 3.56. The molecule has 3 heterocycles. The molecule has 2 N–H and O–H groups in total. The normalized spacial score (nSPS) is 19.0. The zero-order valence-corrected chi connectivity index (χ0v) is 22.5. The van der Waals surface area contributed by atoms with E-state index in [1.807, 2.05) is 30.5 Å². The molecule has 2 aliphatic carbocycles. The standard InChI is InChI=1S/C30H40N6O2/c1-35(19-22-5-3-2-4-6-22)27-20-36-26(23-7-9-24(10-8-23)30(37)33-25-11-12-25)18-32-29(36)28(34-27)31-17-21-13-15-38-16-14-21/h7-10,18,20-22,25H,2-6,11-17,19H2,1H3,(H,31,34)(H,33,37). The minimum Gasteiger partial charge on any atom is -0.381 e. The van der Waals surface area contributed by atoms with Crippen LogP contribution in [0.2, 0.25) is 0 Å². The lowest BCUT2D eigenvalue weighted by Gasteiger charge is -2.28. The minimum absolute atomic E-state index is 0.00705. The first kappa shape index (κ1) is 25.2. The molecule has 1 amide bonds. The van der Waals surface area contributed by atoms with Gasteiger partial charge in [-0.15, -0.1) is 0 Å². The van der Waals surface area contributed by atoms with Gasteiger partial charge in [0, 0.05) is 50.5 Å². The fraction of sp³-hybridized carbons (Fsp3) is 0.567. The number of rotatable bonds is 9. The number of imidazole rings is 1. The molecule has 38 heavy (non-hydrogen) atoms. The monoisotopic (exact) mass is 516 g/mol. The van der Waals surface area contributed by atoms with E-state index in [0.29, 0.717) is 17.5 Å². The number of hydrogen-bond acceptors (Lipinski definition) is 6. The second kappa shape index (κ2) is 11.3. The Balaban J connectivity index is 1.28. The SMILES string of the molecule is CN(CC1CCCCC1)c1cn2c(-c3ccc(C(=O)NC4CC4)cc3)cnc2c(NCC2CCOCC2)n1. The van der Waals surface area contributed by atoms with Crippen LogP contribution in [0.3, 0.4) is 0 Å². The number of ether oxygens (including phenoxy) is 1. The smallest absolute Gasteiger partial charge is 0.251 e. The third-order valence-electron chi connectivity index (χ3n) is 8.38. The number of nitrogens with zero attached hydrogens (tertiary/aromatic N) is 4. The Kier molecular flexibility index (Phi) is 7.49. The van der Waals surface area contributed by atoms with Crippen LogP contribution in [0.1, 0.15) is 68.1 Å². The van der Waals surface area contributed by atoms with Crippen LogP contribution in [0.25, 0.3) is 16.9 Å². The average molecular weight is 517 g/mol. The highest BCUT2D eigenvalue weighted by molar-refractivity contribution is 5.95. The molecular formula is C30H40N6O2. The number of amides is 1. The fourth-order valence-corrected chi connectivity index (χ4v) is 5.82. The molecule has 3 aromatic rings. The number of aromatic nitrogens is 3. The Bertz CT molecular complexity index is 1240. The largest absolute Gasteiger partial charge is 0.381 e. The molecule has 8 nitrogen and oxygen atoms in total. The topological polar surface area (TPSA) is 83.8 Å². The van der Waals surface area contributed by atoms with Gasteiger partial charge in [0.1, 0.15) is 5.82 Å². The Morgan fingerprint density at radius 1 is 1.03 bits per heavy atom. The summed E-state index contributed by atoms with van der Waals surface area (Å²) in [5, 5.41) is 6.71. The Labute approximate surface area is 225 Å². The van der Waals surface area contributed by atoms with Crippen molar-refractivity contribution < 1.29 is 9.53 Å². The summed E-state index contributed by atoms with van der Waals surface area (Å²) in [6, 6.07) is 8.21. The molecule has 1 aliphatic heterocycles. The van der Waals surface area contributed by atoms with E-state index in [0.717, 1.165) is 86.4 Å². The van der Waals surface area contributed by atoms with Gasteiger partial charge in [-0.2, -0.15) is 0 Å². The van der Waals surface area contributed by atoms with Crippen molar-refractivity contribution in [1.29, 1.82) is 0 Å². The van der Waals surface area contributed by atoms with Gasteiger partial charge in [0.2, 0.25) is 0 Å². The molecule has 6 rings (SSSR count). The predicted octanol–water partition coefficient (Wildman–Crippen LogP) is 5.14. The zero-order chi connectivity index (χ0) is 25.9. The van der Waals surface area contributed by atoms with Gasteiger partial charge in [0.25, 0.3) is 5.91 Å². The number of nitrogens with one attached hydrogen (secondary N) is 2. The molecule has 1 saturated heterocycles. The van der Waals surface area contributed by atoms with Gasteiger partial charge < -0.3 is 20.3 Å². The molecule has 1 aromatic carbocycles. The van der Waals surface area contributed by atoms with E-state index in [4.69, 9.17) is 14.7 Å². The number of fused-ring (bicyclic) bond motifs is 1. The van der Waals surface area contributed by atoms with E-state index < -0.39 is 0 Å². The second-order valence-corrected chi connectivity index (χ2v) is 11.4. The summed E-state index contributed by atoms with van der Waals surface area (Å²) < 4.78 is 7.71. The molecule has 3 aliphatic rings. The Morgan fingerprint density at radius 3 is 2.53 bits per heavy atom. The molecular weight excluding hydrogens is 476 g/mol. The lowest BCUT2D eigenvalue weighted by molar-refractivity contribution is 0.0699. The molecule has 3 fully saturated rings. The minimum atomic E-state index is 0.00705. The fourth-order valence-electron chi connectivity index (χ4n) is 5.82. The zero-order valence-electron chi connectivity index (χ0n) is 22.5. The van der Waals surface area contributed by atoms with Crippen molar-refractivity contribution in [2.24, 2.45) is 11.8 Å². The lowest BCUT2D eigenvalue weighted by Crippen LogP contribution is -2.28. The molecule has 0 radical (unpaired) electrons. The van der Waals surface area contributed by atoms with Crippen molar-refractivity contribution in [2.75, 3.05) is 43.6 Å². The number of hydrogen-bond donors (Lipinski definition) is 2. The highest BCUT2D eigenvalue weighted by Gasteiger charge is 2.24. The summed E-state index contributed by atoms with van der Waals surface area (Å²) in [7, 11) is 2.16. The highest BCUT2D eigenvalue weighted by Crippen LogP contribution is 2.30. The van der Waals surface area contributed by atoms with Crippen LogP contribution in [0, 0.1) is 11.8 Å². The summed E-state index contributed by atoms with van der Waals surface area (Å²) >= 11 is 0. The molecule has 2 saturated carbocycles. The number of carbonyl (C=O) groups excluding carboxylic acids is 1. The van der Waals surface area contributed by atoms with Crippen LogP contribution in [0.5, 0.6) is 0 Å². The van der Waals surface area contributed by atoms with Crippen molar-refractivity contribution in [3.05, 3.63) is 42.2 Å². The Hall–Kier alpha value is -3.13. The number of benzene rings is 1. The van der Waals surface area contributed by atoms with Crippen LogP contribution >= 0.6 is 0 Å². The van der Waals surface area contributed by atoms with E-state index in [9.17, 15) is 4.79 Å². The van der Waals surface area contributed by atoms with Gasteiger partial charge in [-0.05, 0) is 62.5 Å². The first-order valence-electron chi connectivity index (χ1n) is 14.5. The van der Waals surface area contributed by atoms with Crippen LogP contribution in [0.4, 0.5) is 11.6 Å². The molecule has 2 aromatic heterocycles. The average Bonchev–Trinajstić information content (AvgIpc) is 3.67. The van der Waals surface area contributed by atoms with Gasteiger partial charge in [-0.3, -0.25) is 9.20 Å². The van der Waals surface area contributed by atoms with Crippen LogP contribution in [0.15, 0.2) is 36.7 Å². The number of carbonyl (C=O) groups is 1. The lowest BCUT2D eigenvalue weighted by atomic mass is 9.89. The molecule has 202 valence electrons. The van der Waals surface area contributed by atoms with Crippen molar-refractivity contribution in [1.82, 2.24) is 19.7 Å². The maximum atomic E-state index is 12.5. The molecule has 0 unspecified atom stereocenters. The number of anilines is 2. The summed E-state index contributed by atoms with van der Waals surface area (Å²) in [5.41, 5.74) is 3.56. The van der Waals surface area contributed by atoms with Crippen LogP contribution in [-0.2, 0) is 4.74 Å². The maximum Gasteiger partial charge on any atom is 0.251 e. The summed E-state index contributed by atoms with van der Waals surface area (Å²) in [4.78, 5) is 24.7. The third kappa shape index (κ3) is 5.80. The third-order valence-corrected chi connectivity index (χ3v) is 8.38. The summed E-state index contributed by atoms with van der Waals surface area (Å²) in [5.74, 6) is 3.10. The molecule has 0 atom stereocenters. The Morgan fingerprint density at radius 2 is 1.79 bits per heavy atom. The van der Waals surface area contributed by atoms with Gasteiger partial charge in [-0.1, -0.05) is 31.4 Å². The highest BCUT2D eigenvalue weighted by atomic mass is 16.5. The van der Waals surface area contributed by atoms with Crippen molar-refractivity contribution >= 4 is 23.2 Å². The van der Waals surface area contributed by atoms with Gasteiger partial charge in [0.15, 0.2) is 11.5 Å². The molecule has 0 bridgehead atoms. The van der Waals surface area contributed by atoms with Gasteiger partial charge in [0.05, 0.1) is 18.1 Å². The van der Waals surface area contributed by atoms with Gasteiger partial charge >= 0.3 is 0 Å². The first-order valence-corrected chi connectivity index (χ1v) is 14.5. The summed E-state index contributed by atoms with van der Waals surface area (Å²) in [6.07, 6.45) is 15.0.